The van der Waals surface area contributed by atoms with Crippen molar-refractivity contribution in [3.8, 4) is 0 Å². The van der Waals surface area contributed by atoms with E-state index >= 15 is 0 Å². The van der Waals surface area contributed by atoms with Crippen LogP contribution >= 0.6 is 0 Å². The molecule has 0 atom stereocenters. The second-order valence-electron chi connectivity index (χ2n) is 5.35. The largest absolute Gasteiger partial charge is 0.389 e. The van der Waals surface area contributed by atoms with Crippen LogP contribution < -0.4 is 0 Å². The number of likely N-dealkylation sites (N-methyl/N-ethyl adjacent to an activating group) is 1. The molecule has 3 heteroatoms. The van der Waals surface area contributed by atoms with Gasteiger partial charge in [-0.25, -0.2) is 0 Å². The quantitative estimate of drug-likeness (QED) is 0.828. The molecule has 1 aromatic rings. The van der Waals surface area contributed by atoms with Crippen LogP contribution in [0.4, 0.5) is 0 Å². The molecule has 1 aromatic carbocycles. The lowest BCUT2D eigenvalue weighted by Crippen LogP contribution is -2.41. The van der Waals surface area contributed by atoms with Gasteiger partial charge in [-0.2, -0.15) is 0 Å². The van der Waals surface area contributed by atoms with E-state index in [9.17, 15) is 9.90 Å². The van der Waals surface area contributed by atoms with E-state index in [0.717, 1.165) is 11.1 Å². The van der Waals surface area contributed by atoms with Crippen LogP contribution in [-0.2, 0) is 4.79 Å². The highest BCUT2D eigenvalue weighted by atomic mass is 16.3. The second kappa shape index (κ2) is 6.53. The first-order valence-electron chi connectivity index (χ1n) is 6.58. The minimum atomic E-state index is -0.873. The van der Waals surface area contributed by atoms with Crippen LogP contribution in [0.15, 0.2) is 30.3 Å². The Morgan fingerprint density at radius 3 is 2.53 bits per heavy atom. The van der Waals surface area contributed by atoms with Crippen molar-refractivity contribution in [2.45, 2.75) is 33.3 Å². The van der Waals surface area contributed by atoms with E-state index in [4.69, 9.17) is 0 Å². The molecule has 0 saturated heterocycles. The van der Waals surface area contributed by atoms with E-state index in [0.29, 0.717) is 13.1 Å². The number of hydrogen-bond donors (Lipinski definition) is 1. The van der Waals surface area contributed by atoms with Crippen molar-refractivity contribution in [3.05, 3.63) is 41.5 Å². The molecule has 104 valence electrons. The Morgan fingerprint density at radius 1 is 1.37 bits per heavy atom. The van der Waals surface area contributed by atoms with Crippen molar-refractivity contribution >= 4 is 12.0 Å². The number of aliphatic hydroxyl groups is 1. The molecule has 0 heterocycles. The number of carbonyl (C=O) groups is 1. The zero-order chi connectivity index (χ0) is 14.5. The van der Waals surface area contributed by atoms with Crippen LogP contribution in [0.1, 0.15) is 31.9 Å². The zero-order valence-corrected chi connectivity index (χ0v) is 12.2. The summed E-state index contributed by atoms with van der Waals surface area (Å²) in [5.74, 6) is -0.0760. The molecule has 0 radical (unpaired) electrons. The topological polar surface area (TPSA) is 40.5 Å². The molecule has 1 amide bonds. The van der Waals surface area contributed by atoms with E-state index < -0.39 is 5.60 Å². The average Bonchev–Trinajstić information content (AvgIpc) is 2.33. The summed E-state index contributed by atoms with van der Waals surface area (Å²) in [6.07, 6.45) is 3.39. The maximum Gasteiger partial charge on any atom is 0.246 e. The van der Waals surface area contributed by atoms with Crippen LogP contribution in [-0.4, -0.2) is 34.6 Å². The third-order valence-corrected chi connectivity index (χ3v) is 2.87. The van der Waals surface area contributed by atoms with Gasteiger partial charge in [0.25, 0.3) is 0 Å². The molecule has 0 spiro atoms. The molecule has 0 aliphatic carbocycles. The van der Waals surface area contributed by atoms with Crippen molar-refractivity contribution in [1.82, 2.24) is 4.90 Å². The highest BCUT2D eigenvalue weighted by Gasteiger charge is 2.19. The maximum absolute atomic E-state index is 12.1. The summed E-state index contributed by atoms with van der Waals surface area (Å²) >= 11 is 0. The lowest BCUT2D eigenvalue weighted by molar-refractivity contribution is -0.128. The number of hydrogen-bond acceptors (Lipinski definition) is 2. The number of amides is 1. The summed E-state index contributed by atoms with van der Waals surface area (Å²) in [7, 11) is 0. The van der Waals surface area contributed by atoms with Crippen LogP contribution in [0, 0.1) is 6.92 Å². The van der Waals surface area contributed by atoms with Gasteiger partial charge in [0, 0.05) is 19.2 Å². The van der Waals surface area contributed by atoms with Gasteiger partial charge in [0.2, 0.25) is 5.91 Å². The van der Waals surface area contributed by atoms with Gasteiger partial charge in [-0.3, -0.25) is 4.79 Å². The molecule has 0 aromatic heterocycles. The van der Waals surface area contributed by atoms with Crippen LogP contribution in [0.25, 0.3) is 6.08 Å². The Labute approximate surface area is 115 Å². The van der Waals surface area contributed by atoms with Gasteiger partial charge < -0.3 is 10.0 Å². The maximum atomic E-state index is 12.1. The molecule has 1 rings (SSSR count). The summed E-state index contributed by atoms with van der Waals surface area (Å²) in [6.45, 7) is 8.24. The van der Waals surface area contributed by atoms with E-state index in [1.807, 2.05) is 44.2 Å². The Balaban J connectivity index is 2.75. The first kappa shape index (κ1) is 15.4. The van der Waals surface area contributed by atoms with Crippen LogP contribution in [0.5, 0.6) is 0 Å². The number of rotatable bonds is 5. The number of nitrogens with zero attached hydrogens (tertiary/aromatic N) is 1. The predicted octanol–water partition coefficient (Wildman–Crippen LogP) is 2.63. The Kier molecular flexibility index (Phi) is 5.31. The van der Waals surface area contributed by atoms with E-state index in [2.05, 4.69) is 0 Å². The van der Waals surface area contributed by atoms with Gasteiger partial charge >= 0.3 is 0 Å². The summed E-state index contributed by atoms with van der Waals surface area (Å²) in [5.41, 5.74) is 1.30. The van der Waals surface area contributed by atoms with Crippen molar-refractivity contribution in [2.24, 2.45) is 0 Å². The molecule has 3 nitrogen and oxygen atoms in total. The third kappa shape index (κ3) is 5.26. The SMILES string of the molecule is CCN(CC(C)(C)O)C(=O)C=Cc1ccccc1C. The number of benzene rings is 1. The first-order valence-corrected chi connectivity index (χ1v) is 6.58. The lowest BCUT2D eigenvalue weighted by Gasteiger charge is -2.27. The fourth-order valence-corrected chi connectivity index (χ4v) is 1.85. The lowest BCUT2D eigenvalue weighted by atomic mass is 10.1. The molecular formula is C16H23NO2. The molecular weight excluding hydrogens is 238 g/mol. The molecule has 0 bridgehead atoms. The van der Waals surface area contributed by atoms with Crippen molar-refractivity contribution in [1.29, 1.82) is 0 Å². The molecule has 0 unspecified atom stereocenters. The minimum absolute atomic E-state index is 0.0760. The first-order chi connectivity index (χ1) is 8.83. The normalized spacial score (nSPS) is 11.8. The van der Waals surface area contributed by atoms with Crippen molar-refractivity contribution in [3.63, 3.8) is 0 Å². The molecule has 0 saturated carbocycles. The monoisotopic (exact) mass is 261 g/mol. The molecule has 19 heavy (non-hydrogen) atoms. The second-order valence-corrected chi connectivity index (χ2v) is 5.35. The van der Waals surface area contributed by atoms with Gasteiger partial charge in [0.1, 0.15) is 0 Å². The van der Waals surface area contributed by atoms with Crippen LogP contribution in [0.3, 0.4) is 0 Å². The molecule has 0 aliphatic rings. The van der Waals surface area contributed by atoms with Gasteiger partial charge in [-0.15, -0.1) is 0 Å². The fraction of sp³-hybridized carbons (Fsp3) is 0.438. The number of carbonyl (C=O) groups excluding carboxylic acids is 1. The summed E-state index contributed by atoms with van der Waals surface area (Å²) < 4.78 is 0. The smallest absolute Gasteiger partial charge is 0.246 e. The Morgan fingerprint density at radius 2 is 2.00 bits per heavy atom. The minimum Gasteiger partial charge on any atom is -0.389 e. The van der Waals surface area contributed by atoms with Crippen molar-refractivity contribution in [2.75, 3.05) is 13.1 Å². The third-order valence-electron chi connectivity index (χ3n) is 2.87. The summed E-state index contributed by atoms with van der Waals surface area (Å²) in [4.78, 5) is 13.7. The van der Waals surface area contributed by atoms with Crippen molar-refractivity contribution < 1.29 is 9.90 Å². The average molecular weight is 261 g/mol. The van der Waals surface area contributed by atoms with Gasteiger partial charge in [-0.1, -0.05) is 24.3 Å². The van der Waals surface area contributed by atoms with Gasteiger partial charge in [-0.05, 0) is 44.9 Å². The zero-order valence-electron chi connectivity index (χ0n) is 12.2. The highest BCUT2D eigenvalue weighted by Crippen LogP contribution is 2.10. The van der Waals surface area contributed by atoms with Gasteiger partial charge in [0.15, 0.2) is 0 Å². The van der Waals surface area contributed by atoms with E-state index in [1.54, 1.807) is 24.8 Å². The number of aryl methyl sites for hydroxylation is 1. The molecule has 1 N–H and O–H groups in total. The standard InChI is InChI=1S/C16H23NO2/c1-5-17(12-16(3,4)19)15(18)11-10-14-9-7-6-8-13(14)2/h6-11,19H,5,12H2,1-4H3. The van der Waals surface area contributed by atoms with Gasteiger partial charge in [0.05, 0.1) is 5.60 Å². The highest BCUT2D eigenvalue weighted by molar-refractivity contribution is 5.92. The van der Waals surface area contributed by atoms with E-state index in [1.165, 1.54) is 0 Å². The predicted molar refractivity (Wildman–Crippen MR) is 78.8 cm³/mol. The fourth-order valence-electron chi connectivity index (χ4n) is 1.85. The Bertz CT molecular complexity index is 458. The van der Waals surface area contributed by atoms with Crippen LogP contribution in [0.2, 0.25) is 0 Å². The molecule has 0 aliphatic heterocycles. The van der Waals surface area contributed by atoms with E-state index in [-0.39, 0.29) is 5.91 Å². The molecule has 0 fully saturated rings. The summed E-state index contributed by atoms with van der Waals surface area (Å²) in [6, 6.07) is 7.91. The Hall–Kier alpha value is -1.61. The summed E-state index contributed by atoms with van der Waals surface area (Å²) in [5, 5.41) is 9.78.